The van der Waals surface area contributed by atoms with Crippen LogP contribution >= 0.6 is 0 Å². The zero-order chi connectivity index (χ0) is 15.0. The minimum absolute atomic E-state index is 0.222. The van der Waals surface area contributed by atoms with E-state index in [2.05, 4.69) is 13.5 Å². The predicted octanol–water partition coefficient (Wildman–Crippen LogP) is 4.79. The van der Waals surface area contributed by atoms with Gasteiger partial charge >= 0.3 is 5.97 Å². The average molecular weight is 278 g/mol. The van der Waals surface area contributed by atoms with Crippen LogP contribution in [-0.2, 0) is 6.42 Å². The fraction of sp³-hybridized carbons (Fsp3) is 0.471. The second kappa shape index (κ2) is 7.83. The molecule has 1 aromatic carbocycles. The predicted molar refractivity (Wildman–Crippen MR) is 79.9 cm³/mol. The van der Waals surface area contributed by atoms with Gasteiger partial charge in [-0.2, -0.15) is 0 Å². The number of hydrogen-bond acceptors (Lipinski definition) is 1. The van der Waals surface area contributed by atoms with Crippen LogP contribution in [0.25, 0.3) is 0 Å². The third-order valence-corrected chi connectivity index (χ3v) is 3.51. The quantitative estimate of drug-likeness (QED) is 0.521. The number of benzene rings is 1. The monoisotopic (exact) mass is 278 g/mol. The van der Waals surface area contributed by atoms with Crippen molar-refractivity contribution in [3.8, 4) is 0 Å². The van der Waals surface area contributed by atoms with Crippen LogP contribution in [0.2, 0.25) is 0 Å². The Bertz CT molecular complexity index is 439. The Morgan fingerprint density at radius 3 is 2.45 bits per heavy atom. The van der Waals surface area contributed by atoms with Crippen LogP contribution in [0.1, 0.15) is 54.9 Å². The van der Waals surface area contributed by atoms with Crippen LogP contribution in [0.15, 0.2) is 36.9 Å². The molecule has 1 N–H and O–H groups in total. The Hall–Kier alpha value is -1.64. The zero-order valence-corrected chi connectivity index (χ0v) is 12.1. The summed E-state index contributed by atoms with van der Waals surface area (Å²) in [4.78, 5) is 10.8. The first-order chi connectivity index (χ1) is 9.50. The van der Waals surface area contributed by atoms with E-state index in [1.807, 2.05) is 0 Å². The lowest BCUT2D eigenvalue weighted by Crippen LogP contribution is -2.22. The number of carbonyl (C=O) groups is 1. The molecule has 1 aromatic rings. The molecule has 0 aliphatic heterocycles. The van der Waals surface area contributed by atoms with Crippen molar-refractivity contribution in [3.63, 3.8) is 0 Å². The molecular formula is C17H23FO2. The number of aromatic carboxylic acids is 1. The summed E-state index contributed by atoms with van der Waals surface area (Å²) in [5, 5.41) is 8.83. The van der Waals surface area contributed by atoms with E-state index in [1.165, 1.54) is 18.2 Å². The van der Waals surface area contributed by atoms with E-state index in [0.29, 0.717) is 6.42 Å². The molecular weight excluding hydrogens is 255 g/mol. The number of alkyl halides is 1. The second-order valence-corrected chi connectivity index (χ2v) is 5.23. The van der Waals surface area contributed by atoms with Crippen molar-refractivity contribution in [2.75, 3.05) is 0 Å². The van der Waals surface area contributed by atoms with Crippen molar-refractivity contribution in [3.05, 3.63) is 48.0 Å². The summed E-state index contributed by atoms with van der Waals surface area (Å²) in [5.74, 6) is -0.966. The van der Waals surface area contributed by atoms with Gasteiger partial charge in [-0.3, -0.25) is 0 Å². The summed E-state index contributed by atoms with van der Waals surface area (Å²) < 4.78 is 14.7. The van der Waals surface area contributed by atoms with E-state index in [4.69, 9.17) is 5.11 Å². The van der Waals surface area contributed by atoms with E-state index in [-0.39, 0.29) is 12.0 Å². The molecule has 0 aliphatic rings. The van der Waals surface area contributed by atoms with Crippen molar-refractivity contribution in [2.24, 2.45) is 0 Å². The van der Waals surface area contributed by atoms with Gasteiger partial charge in [-0.1, -0.05) is 51.0 Å². The topological polar surface area (TPSA) is 37.3 Å². The van der Waals surface area contributed by atoms with Gasteiger partial charge < -0.3 is 5.11 Å². The molecule has 20 heavy (non-hydrogen) atoms. The van der Waals surface area contributed by atoms with E-state index in [9.17, 15) is 9.18 Å². The lowest BCUT2D eigenvalue weighted by molar-refractivity contribution is 0.0697. The standard InChI is InChI=1S/C17H23FO2/c1-3-5-6-7-12-17(18,4-2)13-14-8-10-15(11-9-14)16(19)20/h4,8-11H,2-3,5-7,12-13H2,1H3,(H,19,20). The molecule has 0 heterocycles. The molecule has 110 valence electrons. The van der Waals surface area contributed by atoms with Crippen LogP contribution < -0.4 is 0 Å². The number of carboxylic acid groups (broad SMARTS) is 1. The van der Waals surface area contributed by atoms with Crippen molar-refractivity contribution in [2.45, 2.75) is 51.1 Å². The first kappa shape index (κ1) is 16.4. The fourth-order valence-electron chi connectivity index (χ4n) is 2.21. The van der Waals surface area contributed by atoms with Gasteiger partial charge in [0.25, 0.3) is 0 Å². The smallest absolute Gasteiger partial charge is 0.335 e. The fourth-order valence-corrected chi connectivity index (χ4v) is 2.21. The Kier molecular flexibility index (Phi) is 6.43. The highest BCUT2D eigenvalue weighted by Crippen LogP contribution is 2.26. The normalized spacial score (nSPS) is 13.7. The third-order valence-electron chi connectivity index (χ3n) is 3.51. The van der Waals surface area contributed by atoms with Crippen LogP contribution in [0.4, 0.5) is 4.39 Å². The van der Waals surface area contributed by atoms with E-state index in [1.54, 1.807) is 12.1 Å². The van der Waals surface area contributed by atoms with Crippen LogP contribution in [0, 0.1) is 0 Å². The average Bonchev–Trinajstić information content (AvgIpc) is 2.44. The summed E-state index contributed by atoms with van der Waals surface area (Å²) in [6.45, 7) is 5.73. The maximum Gasteiger partial charge on any atom is 0.335 e. The molecule has 0 radical (unpaired) electrons. The minimum atomic E-state index is -1.40. The number of unbranched alkanes of at least 4 members (excludes halogenated alkanes) is 3. The van der Waals surface area contributed by atoms with Crippen LogP contribution in [0.5, 0.6) is 0 Å². The molecule has 0 saturated heterocycles. The molecule has 1 unspecified atom stereocenters. The van der Waals surface area contributed by atoms with E-state index >= 15 is 0 Å². The molecule has 0 spiro atoms. The first-order valence-electron chi connectivity index (χ1n) is 7.15. The number of carboxylic acids is 1. The summed E-state index contributed by atoms with van der Waals surface area (Å²) in [7, 11) is 0. The third kappa shape index (κ3) is 5.16. The highest BCUT2D eigenvalue weighted by atomic mass is 19.1. The van der Waals surface area contributed by atoms with Gasteiger partial charge in [0.15, 0.2) is 0 Å². The van der Waals surface area contributed by atoms with Gasteiger partial charge in [-0.25, -0.2) is 9.18 Å². The molecule has 0 bridgehead atoms. The molecule has 0 aromatic heterocycles. The Morgan fingerprint density at radius 1 is 1.30 bits per heavy atom. The van der Waals surface area contributed by atoms with Gasteiger partial charge in [-0.05, 0) is 30.5 Å². The minimum Gasteiger partial charge on any atom is -0.478 e. The van der Waals surface area contributed by atoms with Gasteiger partial charge in [0, 0.05) is 6.42 Å². The lowest BCUT2D eigenvalue weighted by Gasteiger charge is -2.21. The van der Waals surface area contributed by atoms with Gasteiger partial charge in [-0.15, -0.1) is 0 Å². The summed E-state index contributed by atoms with van der Waals surface area (Å²) in [6.07, 6.45) is 6.24. The second-order valence-electron chi connectivity index (χ2n) is 5.23. The summed E-state index contributed by atoms with van der Waals surface area (Å²) in [5.41, 5.74) is -0.383. The number of halogens is 1. The molecule has 2 nitrogen and oxygen atoms in total. The van der Waals surface area contributed by atoms with Gasteiger partial charge in [0.05, 0.1) is 5.56 Å². The van der Waals surface area contributed by atoms with Gasteiger partial charge in [0.1, 0.15) is 5.67 Å². The Morgan fingerprint density at radius 2 is 1.95 bits per heavy atom. The SMILES string of the molecule is C=CC(F)(CCCCCC)Cc1ccc(C(=O)O)cc1. The van der Waals surface area contributed by atoms with E-state index in [0.717, 1.165) is 31.2 Å². The number of hydrogen-bond donors (Lipinski definition) is 1. The van der Waals surface area contributed by atoms with E-state index < -0.39 is 11.6 Å². The lowest BCUT2D eigenvalue weighted by atomic mass is 9.90. The number of allylic oxidation sites excluding steroid dienone is 1. The zero-order valence-electron chi connectivity index (χ0n) is 12.1. The molecule has 0 aliphatic carbocycles. The van der Waals surface area contributed by atoms with Crippen molar-refractivity contribution in [1.29, 1.82) is 0 Å². The van der Waals surface area contributed by atoms with Crippen LogP contribution in [-0.4, -0.2) is 16.7 Å². The molecule has 1 rings (SSSR count). The Balaban J connectivity index is 2.62. The molecule has 3 heteroatoms. The molecule has 0 amide bonds. The maximum atomic E-state index is 14.7. The van der Waals surface area contributed by atoms with Crippen LogP contribution in [0.3, 0.4) is 0 Å². The highest BCUT2D eigenvalue weighted by molar-refractivity contribution is 5.87. The maximum absolute atomic E-state index is 14.7. The molecule has 0 fully saturated rings. The summed E-state index contributed by atoms with van der Waals surface area (Å²) in [6, 6.07) is 6.37. The number of rotatable bonds is 9. The van der Waals surface area contributed by atoms with Crippen molar-refractivity contribution < 1.29 is 14.3 Å². The van der Waals surface area contributed by atoms with Crippen molar-refractivity contribution >= 4 is 5.97 Å². The largest absolute Gasteiger partial charge is 0.478 e. The first-order valence-corrected chi connectivity index (χ1v) is 7.15. The Labute approximate surface area is 120 Å². The highest BCUT2D eigenvalue weighted by Gasteiger charge is 2.25. The van der Waals surface area contributed by atoms with Gasteiger partial charge in [0.2, 0.25) is 0 Å². The van der Waals surface area contributed by atoms with Crippen molar-refractivity contribution in [1.82, 2.24) is 0 Å². The molecule has 0 saturated carbocycles. The molecule has 1 atom stereocenters. The summed E-state index contributed by atoms with van der Waals surface area (Å²) >= 11 is 0.